The highest BCUT2D eigenvalue weighted by molar-refractivity contribution is 5.92. The van der Waals surface area contributed by atoms with Crippen LogP contribution in [0.4, 0.5) is 10.5 Å². The van der Waals surface area contributed by atoms with Crippen LogP contribution in [-0.2, 0) is 4.74 Å². The van der Waals surface area contributed by atoms with Gasteiger partial charge in [0, 0.05) is 12.2 Å². The van der Waals surface area contributed by atoms with Gasteiger partial charge >= 0.3 is 12.0 Å². The summed E-state index contributed by atoms with van der Waals surface area (Å²) in [5, 5.41) is 2.92. The number of urea groups is 1. The second-order valence-electron chi connectivity index (χ2n) is 6.84. The number of esters is 1. The molecule has 4 rings (SSSR count). The Kier molecular flexibility index (Phi) is 4.97. The largest absolute Gasteiger partial charge is 0.465 e. The van der Waals surface area contributed by atoms with E-state index in [2.05, 4.69) is 15.3 Å². The van der Waals surface area contributed by atoms with Gasteiger partial charge in [-0.1, -0.05) is 12.1 Å². The number of hydrogen-bond donors (Lipinski definition) is 2. The van der Waals surface area contributed by atoms with Crippen molar-refractivity contribution in [1.82, 2.24) is 14.9 Å². The summed E-state index contributed by atoms with van der Waals surface area (Å²) >= 11 is 0. The summed E-state index contributed by atoms with van der Waals surface area (Å²) in [7, 11) is 1.34. The molecule has 0 aliphatic carbocycles. The first kappa shape index (κ1) is 18.0. The van der Waals surface area contributed by atoms with Gasteiger partial charge < -0.3 is 19.9 Å². The van der Waals surface area contributed by atoms with E-state index < -0.39 is 5.97 Å². The van der Waals surface area contributed by atoms with Gasteiger partial charge in [-0.05, 0) is 55.7 Å². The molecule has 2 amide bonds. The highest BCUT2D eigenvalue weighted by Gasteiger charge is 2.30. The normalized spacial score (nSPS) is 16.8. The van der Waals surface area contributed by atoms with E-state index in [0.29, 0.717) is 17.8 Å². The number of aromatic amines is 1. The zero-order valence-corrected chi connectivity index (χ0v) is 15.6. The molecule has 2 heterocycles. The van der Waals surface area contributed by atoms with Crippen molar-refractivity contribution in [3.63, 3.8) is 0 Å². The minimum atomic E-state index is -0.404. The molecule has 0 saturated carbocycles. The van der Waals surface area contributed by atoms with E-state index in [1.54, 1.807) is 24.3 Å². The van der Waals surface area contributed by atoms with Gasteiger partial charge in [-0.15, -0.1) is 0 Å². The molecule has 3 aromatic rings. The number of nitrogens with one attached hydrogen (secondary N) is 2. The van der Waals surface area contributed by atoms with Crippen molar-refractivity contribution >= 4 is 28.7 Å². The molecule has 1 saturated heterocycles. The van der Waals surface area contributed by atoms with Crippen LogP contribution in [0.1, 0.15) is 41.5 Å². The van der Waals surface area contributed by atoms with Crippen LogP contribution in [0.5, 0.6) is 0 Å². The molecule has 1 fully saturated rings. The van der Waals surface area contributed by atoms with E-state index in [9.17, 15) is 9.59 Å². The molecule has 1 aromatic heterocycles. The third kappa shape index (κ3) is 3.55. The molecule has 2 aromatic carbocycles. The molecule has 0 bridgehead atoms. The molecule has 0 radical (unpaired) electrons. The number of methoxy groups -OCH3 is 1. The minimum absolute atomic E-state index is 0.0875. The molecule has 28 heavy (non-hydrogen) atoms. The number of imidazole rings is 1. The maximum Gasteiger partial charge on any atom is 0.337 e. The zero-order valence-electron chi connectivity index (χ0n) is 15.6. The average Bonchev–Trinajstić information content (AvgIpc) is 3.18. The predicted molar refractivity (Wildman–Crippen MR) is 106 cm³/mol. The van der Waals surface area contributed by atoms with E-state index in [0.717, 1.165) is 36.1 Å². The summed E-state index contributed by atoms with van der Waals surface area (Å²) in [5.74, 6) is 0.413. The second-order valence-corrected chi connectivity index (χ2v) is 6.84. The second kappa shape index (κ2) is 7.72. The third-order valence-electron chi connectivity index (χ3n) is 5.04. The van der Waals surface area contributed by atoms with Crippen LogP contribution in [-0.4, -0.2) is 40.5 Å². The Morgan fingerprint density at radius 2 is 1.93 bits per heavy atom. The van der Waals surface area contributed by atoms with Gasteiger partial charge in [0.25, 0.3) is 0 Å². The maximum atomic E-state index is 12.9. The zero-order chi connectivity index (χ0) is 19.5. The summed E-state index contributed by atoms with van der Waals surface area (Å²) in [4.78, 5) is 34.3. The summed E-state index contributed by atoms with van der Waals surface area (Å²) in [6.07, 6.45) is 2.89. The standard InChI is InChI=1S/C21H22N4O3/c1-28-20(26)14-9-11-15(12-10-14)22-21(27)25-13-5-4-8-18(25)19-23-16-6-2-3-7-17(16)24-19/h2-3,6-7,9-12,18H,4-5,8,13H2,1H3,(H,22,27)(H,23,24)/t18-/m1/s1. The molecule has 1 atom stereocenters. The van der Waals surface area contributed by atoms with Crippen molar-refractivity contribution in [2.45, 2.75) is 25.3 Å². The Balaban J connectivity index is 1.52. The topological polar surface area (TPSA) is 87.3 Å². The molecule has 0 unspecified atom stereocenters. The molecule has 2 N–H and O–H groups in total. The monoisotopic (exact) mass is 378 g/mol. The lowest BCUT2D eigenvalue weighted by Gasteiger charge is -2.34. The van der Waals surface area contributed by atoms with E-state index >= 15 is 0 Å². The lowest BCUT2D eigenvalue weighted by molar-refractivity contribution is 0.0600. The fraction of sp³-hybridized carbons (Fsp3) is 0.286. The van der Waals surface area contributed by atoms with Crippen LogP contribution in [0, 0.1) is 0 Å². The molecular formula is C21H22N4O3. The highest BCUT2D eigenvalue weighted by Crippen LogP contribution is 2.31. The molecule has 0 spiro atoms. The number of carbonyl (C=O) groups excluding carboxylic acids is 2. The molecule has 7 nitrogen and oxygen atoms in total. The number of benzene rings is 2. The first-order valence-corrected chi connectivity index (χ1v) is 9.36. The lowest BCUT2D eigenvalue weighted by Crippen LogP contribution is -2.41. The van der Waals surface area contributed by atoms with Crippen molar-refractivity contribution in [1.29, 1.82) is 0 Å². The van der Waals surface area contributed by atoms with Crippen molar-refractivity contribution in [2.24, 2.45) is 0 Å². The number of hydrogen-bond acceptors (Lipinski definition) is 4. The van der Waals surface area contributed by atoms with Gasteiger partial charge in [-0.25, -0.2) is 14.6 Å². The Bertz CT molecular complexity index is 963. The quantitative estimate of drug-likeness (QED) is 0.672. The Morgan fingerprint density at radius 1 is 1.14 bits per heavy atom. The number of carbonyl (C=O) groups is 2. The van der Waals surface area contributed by atoms with Crippen molar-refractivity contribution in [3.8, 4) is 0 Å². The number of likely N-dealkylation sites (tertiary alicyclic amines) is 1. The first-order valence-electron chi connectivity index (χ1n) is 9.36. The van der Waals surface area contributed by atoms with Crippen molar-refractivity contribution < 1.29 is 14.3 Å². The van der Waals surface area contributed by atoms with Crippen LogP contribution >= 0.6 is 0 Å². The van der Waals surface area contributed by atoms with Gasteiger partial charge in [-0.2, -0.15) is 0 Å². The summed E-state index contributed by atoms with van der Waals surface area (Å²) in [6, 6.07) is 14.3. The minimum Gasteiger partial charge on any atom is -0.465 e. The average molecular weight is 378 g/mol. The number of amides is 2. The van der Waals surface area contributed by atoms with Gasteiger partial charge in [0.05, 0.1) is 29.7 Å². The van der Waals surface area contributed by atoms with E-state index in [1.165, 1.54) is 7.11 Å². The summed E-state index contributed by atoms with van der Waals surface area (Å²) < 4.78 is 4.70. The van der Waals surface area contributed by atoms with E-state index in [1.807, 2.05) is 29.2 Å². The summed E-state index contributed by atoms with van der Waals surface area (Å²) in [5.41, 5.74) is 2.95. The SMILES string of the molecule is COC(=O)c1ccc(NC(=O)N2CCCC[C@@H]2c2nc3ccccc3[nH]2)cc1. The number of H-pyrrole nitrogens is 1. The fourth-order valence-corrected chi connectivity index (χ4v) is 3.59. The van der Waals surface area contributed by atoms with Crippen LogP contribution in [0.3, 0.4) is 0 Å². The Morgan fingerprint density at radius 3 is 2.68 bits per heavy atom. The number of anilines is 1. The van der Waals surface area contributed by atoms with Gasteiger partial charge in [0.1, 0.15) is 5.82 Å². The van der Waals surface area contributed by atoms with Crippen LogP contribution < -0.4 is 5.32 Å². The smallest absolute Gasteiger partial charge is 0.337 e. The van der Waals surface area contributed by atoms with Gasteiger partial charge in [0.2, 0.25) is 0 Å². The number of fused-ring (bicyclic) bond motifs is 1. The third-order valence-corrected chi connectivity index (χ3v) is 5.04. The number of piperidine rings is 1. The number of rotatable bonds is 3. The molecule has 144 valence electrons. The van der Waals surface area contributed by atoms with Gasteiger partial charge in [0.15, 0.2) is 0 Å². The lowest BCUT2D eigenvalue weighted by atomic mass is 10.0. The Labute approximate surface area is 162 Å². The van der Waals surface area contributed by atoms with E-state index in [-0.39, 0.29) is 12.1 Å². The fourth-order valence-electron chi connectivity index (χ4n) is 3.59. The Hall–Kier alpha value is -3.35. The predicted octanol–water partition coefficient (Wildman–Crippen LogP) is 4.11. The number of nitrogens with zero attached hydrogens (tertiary/aromatic N) is 2. The van der Waals surface area contributed by atoms with Crippen molar-refractivity contribution in [3.05, 3.63) is 59.9 Å². The molecule has 1 aliphatic rings. The number of para-hydroxylation sites is 2. The highest BCUT2D eigenvalue weighted by atomic mass is 16.5. The summed E-state index contributed by atoms with van der Waals surface area (Å²) in [6.45, 7) is 0.674. The van der Waals surface area contributed by atoms with Gasteiger partial charge in [-0.3, -0.25) is 0 Å². The molecular weight excluding hydrogens is 356 g/mol. The van der Waals surface area contributed by atoms with E-state index in [4.69, 9.17) is 4.74 Å². The molecule has 1 aliphatic heterocycles. The maximum absolute atomic E-state index is 12.9. The molecule has 7 heteroatoms. The van der Waals surface area contributed by atoms with Crippen molar-refractivity contribution in [2.75, 3.05) is 19.0 Å². The number of ether oxygens (including phenoxy) is 1. The number of aromatic nitrogens is 2. The van der Waals surface area contributed by atoms with Crippen LogP contribution in [0.25, 0.3) is 11.0 Å². The van der Waals surface area contributed by atoms with Crippen LogP contribution in [0.15, 0.2) is 48.5 Å². The first-order chi connectivity index (χ1) is 13.7. The van der Waals surface area contributed by atoms with Crippen LogP contribution in [0.2, 0.25) is 0 Å².